The maximum absolute atomic E-state index is 11.7. The lowest BCUT2D eigenvalue weighted by Crippen LogP contribution is -2.33. The quantitative estimate of drug-likeness (QED) is 0.613. The van der Waals surface area contributed by atoms with Crippen LogP contribution >= 0.6 is 0 Å². The monoisotopic (exact) mass is 436 g/mol. The minimum absolute atomic E-state index is 0.0991. The van der Waals surface area contributed by atoms with E-state index in [0.29, 0.717) is 24.9 Å². The molecule has 3 N–H and O–H groups in total. The van der Waals surface area contributed by atoms with Crippen molar-refractivity contribution < 1.29 is 4.79 Å². The third kappa shape index (κ3) is 4.71. The Morgan fingerprint density at radius 3 is 2.53 bits per heavy atom. The van der Waals surface area contributed by atoms with Crippen molar-refractivity contribution in [2.45, 2.75) is 13.3 Å². The predicted molar refractivity (Wildman–Crippen MR) is 124 cm³/mol. The first kappa shape index (κ1) is 21.3. The molecule has 11 nitrogen and oxygen atoms in total. The average molecular weight is 437 g/mol. The number of anilines is 5. The van der Waals surface area contributed by atoms with E-state index in [1.807, 2.05) is 54.2 Å². The van der Waals surface area contributed by atoms with Crippen molar-refractivity contribution in [3.8, 4) is 5.82 Å². The first-order valence-corrected chi connectivity index (χ1v) is 10.5. The van der Waals surface area contributed by atoms with Gasteiger partial charge in [0.25, 0.3) is 0 Å². The number of nitrogen functional groups attached to an aromatic ring is 1. The Hall–Kier alpha value is -3.89. The second kappa shape index (κ2) is 9.08. The number of nitrogens with one attached hydrogen (secondary N) is 1. The van der Waals surface area contributed by atoms with Crippen LogP contribution in [0.1, 0.15) is 13.3 Å². The van der Waals surface area contributed by atoms with E-state index in [0.717, 1.165) is 36.7 Å². The number of aromatic nitrogens is 5. The number of benzene rings is 1. The maximum Gasteiger partial charge on any atom is 0.248 e. The minimum Gasteiger partial charge on any atom is -0.378 e. The van der Waals surface area contributed by atoms with Crippen LogP contribution in [0.25, 0.3) is 5.82 Å². The Morgan fingerprint density at radius 1 is 1.06 bits per heavy atom. The van der Waals surface area contributed by atoms with Crippen LogP contribution in [-0.4, -0.2) is 75.8 Å². The summed E-state index contributed by atoms with van der Waals surface area (Å²) < 4.78 is 1.49. The Bertz CT molecular complexity index is 1080. The molecule has 2 aromatic heterocycles. The molecule has 0 radical (unpaired) electrons. The van der Waals surface area contributed by atoms with Crippen molar-refractivity contribution in [2.24, 2.45) is 0 Å². The van der Waals surface area contributed by atoms with Gasteiger partial charge in [-0.15, -0.1) is 5.10 Å². The molecule has 0 saturated carbocycles. The highest BCUT2D eigenvalue weighted by Crippen LogP contribution is 2.21. The van der Waals surface area contributed by atoms with Crippen LogP contribution < -0.4 is 20.9 Å². The smallest absolute Gasteiger partial charge is 0.248 e. The molecule has 1 fully saturated rings. The Labute approximate surface area is 186 Å². The van der Waals surface area contributed by atoms with E-state index in [4.69, 9.17) is 5.73 Å². The Balaban J connectivity index is 1.51. The standard InChI is InChI=1S/C21H28N10O/c1-15(32)29-9-4-10-30(12-11-29)18-13-19(24-14-23-18)31-20(22)26-21(27-31)25-16-5-7-17(8-6-16)28(2)3/h5-8,13-14H,4,9-12H2,1-3H3,(H3,22,25,26,27). The molecule has 0 atom stereocenters. The molecule has 0 aliphatic carbocycles. The Morgan fingerprint density at radius 2 is 1.81 bits per heavy atom. The summed E-state index contributed by atoms with van der Waals surface area (Å²) in [6.45, 7) is 4.54. The van der Waals surface area contributed by atoms with Gasteiger partial charge < -0.3 is 25.8 Å². The number of nitrogens with two attached hydrogens (primary N) is 1. The molecule has 4 rings (SSSR count). The van der Waals surface area contributed by atoms with Gasteiger partial charge in [0.05, 0.1) is 0 Å². The molecule has 32 heavy (non-hydrogen) atoms. The van der Waals surface area contributed by atoms with Gasteiger partial charge in [0.15, 0.2) is 5.82 Å². The molecule has 1 aromatic carbocycles. The van der Waals surface area contributed by atoms with E-state index in [9.17, 15) is 4.79 Å². The van der Waals surface area contributed by atoms with Gasteiger partial charge in [-0.1, -0.05) is 0 Å². The van der Waals surface area contributed by atoms with Gasteiger partial charge in [-0.2, -0.15) is 9.67 Å². The fourth-order valence-electron chi connectivity index (χ4n) is 3.61. The van der Waals surface area contributed by atoms with E-state index >= 15 is 0 Å². The summed E-state index contributed by atoms with van der Waals surface area (Å²) in [5.74, 6) is 2.00. The lowest BCUT2D eigenvalue weighted by molar-refractivity contribution is -0.128. The molecule has 1 amide bonds. The van der Waals surface area contributed by atoms with Crippen molar-refractivity contribution in [1.82, 2.24) is 29.6 Å². The maximum atomic E-state index is 11.7. The molecule has 3 aromatic rings. The number of hydrogen-bond acceptors (Lipinski definition) is 9. The molecule has 11 heteroatoms. The summed E-state index contributed by atoms with van der Waals surface area (Å²) in [7, 11) is 3.99. The molecule has 0 spiro atoms. The van der Waals surface area contributed by atoms with E-state index in [1.54, 1.807) is 6.92 Å². The van der Waals surface area contributed by atoms with Gasteiger partial charge in [-0.3, -0.25) is 4.79 Å². The first-order chi connectivity index (χ1) is 15.4. The fourth-order valence-corrected chi connectivity index (χ4v) is 3.61. The molecule has 0 bridgehead atoms. The number of hydrogen-bond donors (Lipinski definition) is 2. The largest absolute Gasteiger partial charge is 0.378 e. The summed E-state index contributed by atoms with van der Waals surface area (Å²) in [6, 6.07) is 9.77. The molecular formula is C21H28N10O. The van der Waals surface area contributed by atoms with Crippen LogP contribution in [0, 0.1) is 0 Å². The zero-order valence-electron chi connectivity index (χ0n) is 18.6. The third-order valence-corrected chi connectivity index (χ3v) is 5.39. The number of rotatable bonds is 5. The van der Waals surface area contributed by atoms with E-state index in [2.05, 4.69) is 30.3 Å². The van der Waals surface area contributed by atoms with Gasteiger partial charge in [0, 0.05) is 64.6 Å². The van der Waals surface area contributed by atoms with Gasteiger partial charge in [0.1, 0.15) is 12.1 Å². The van der Waals surface area contributed by atoms with Crippen molar-refractivity contribution in [2.75, 3.05) is 61.1 Å². The molecule has 168 valence electrons. The van der Waals surface area contributed by atoms with E-state index < -0.39 is 0 Å². The summed E-state index contributed by atoms with van der Waals surface area (Å²) >= 11 is 0. The zero-order chi connectivity index (χ0) is 22.7. The molecule has 1 aliphatic heterocycles. The summed E-state index contributed by atoms with van der Waals surface area (Å²) in [5, 5.41) is 7.64. The molecule has 0 unspecified atom stereocenters. The second-order valence-corrected chi connectivity index (χ2v) is 7.85. The van der Waals surface area contributed by atoms with Gasteiger partial charge in [-0.25, -0.2) is 9.97 Å². The van der Waals surface area contributed by atoms with E-state index in [-0.39, 0.29) is 11.9 Å². The fraction of sp³-hybridized carbons (Fsp3) is 0.381. The first-order valence-electron chi connectivity index (χ1n) is 10.5. The zero-order valence-corrected chi connectivity index (χ0v) is 18.6. The number of carbonyl (C=O) groups is 1. The summed E-state index contributed by atoms with van der Waals surface area (Å²) in [6.07, 6.45) is 2.37. The topological polar surface area (TPSA) is 121 Å². The summed E-state index contributed by atoms with van der Waals surface area (Å²) in [4.78, 5) is 30.8. The lowest BCUT2D eigenvalue weighted by Gasteiger charge is -2.22. The highest BCUT2D eigenvalue weighted by Gasteiger charge is 2.19. The van der Waals surface area contributed by atoms with Crippen LogP contribution in [0.2, 0.25) is 0 Å². The molecular weight excluding hydrogens is 408 g/mol. The highest BCUT2D eigenvalue weighted by atomic mass is 16.2. The van der Waals surface area contributed by atoms with Crippen LogP contribution in [0.4, 0.5) is 29.1 Å². The number of amides is 1. The van der Waals surface area contributed by atoms with E-state index in [1.165, 1.54) is 11.0 Å². The lowest BCUT2D eigenvalue weighted by atomic mass is 10.2. The van der Waals surface area contributed by atoms with Crippen molar-refractivity contribution in [3.63, 3.8) is 0 Å². The van der Waals surface area contributed by atoms with Crippen molar-refractivity contribution in [1.29, 1.82) is 0 Å². The minimum atomic E-state index is 0.0991. The van der Waals surface area contributed by atoms with Crippen LogP contribution in [0.15, 0.2) is 36.7 Å². The molecule has 3 heterocycles. The van der Waals surface area contributed by atoms with Gasteiger partial charge in [0.2, 0.25) is 17.8 Å². The summed E-state index contributed by atoms with van der Waals surface area (Å²) in [5.41, 5.74) is 8.08. The molecule has 1 saturated heterocycles. The number of nitrogens with zero attached hydrogens (tertiary/aromatic N) is 8. The predicted octanol–water partition coefficient (Wildman–Crippen LogP) is 1.51. The number of carbonyl (C=O) groups excluding carboxylic acids is 1. The van der Waals surface area contributed by atoms with Crippen molar-refractivity contribution in [3.05, 3.63) is 36.7 Å². The Kier molecular flexibility index (Phi) is 6.06. The highest BCUT2D eigenvalue weighted by molar-refractivity contribution is 5.73. The van der Waals surface area contributed by atoms with Crippen molar-refractivity contribution >= 4 is 35.0 Å². The van der Waals surface area contributed by atoms with Gasteiger partial charge >= 0.3 is 0 Å². The molecule has 1 aliphatic rings. The normalized spacial score (nSPS) is 14.2. The van der Waals surface area contributed by atoms with Crippen LogP contribution in [-0.2, 0) is 4.79 Å². The second-order valence-electron chi connectivity index (χ2n) is 7.85. The van der Waals surface area contributed by atoms with Crippen LogP contribution in [0.3, 0.4) is 0 Å². The third-order valence-electron chi connectivity index (χ3n) is 5.39. The SMILES string of the molecule is CC(=O)N1CCCN(c2cc(-n3nc(Nc4ccc(N(C)C)cc4)nc3N)ncn2)CC1. The average Bonchev–Trinajstić information content (AvgIpc) is 2.98. The van der Waals surface area contributed by atoms with Crippen LogP contribution in [0.5, 0.6) is 0 Å². The van der Waals surface area contributed by atoms with Gasteiger partial charge in [-0.05, 0) is 30.7 Å².